The number of carbonyl (C=O) groups is 2. The third-order valence-corrected chi connectivity index (χ3v) is 4.99. The van der Waals surface area contributed by atoms with Gasteiger partial charge < -0.3 is 21.5 Å². The van der Waals surface area contributed by atoms with Crippen LogP contribution in [-0.2, 0) is 0 Å². The number of nitrogen functional groups attached to an aromatic ring is 1. The predicted octanol–water partition coefficient (Wildman–Crippen LogP) is 0.983. The second-order valence-corrected chi connectivity index (χ2v) is 6.43. The second-order valence-electron chi connectivity index (χ2n) is 5.43. The Balaban J connectivity index is 2.39. The van der Waals surface area contributed by atoms with Crippen LogP contribution in [-0.4, -0.2) is 35.5 Å². The molecule has 1 aromatic rings. The average molecular weight is 297 g/mol. The number of carbonyl (C=O) groups excluding carboxylic acids is 2. The topological polar surface area (TPSA) is 110 Å². The van der Waals surface area contributed by atoms with Gasteiger partial charge in [-0.15, -0.1) is 11.3 Å². The fourth-order valence-corrected chi connectivity index (χ4v) is 3.52. The molecule has 0 aliphatic carbocycles. The van der Waals surface area contributed by atoms with Crippen LogP contribution in [0.5, 0.6) is 0 Å². The minimum absolute atomic E-state index is 0.169. The first-order chi connectivity index (χ1) is 9.23. The Morgan fingerprint density at radius 1 is 1.35 bits per heavy atom. The summed E-state index contributed by atoms with van der Waals surface area (Å²) in [5.74, 6) is -0.802. The number of hydrogen-bond donors (Lipinski definition) is 3. The van der Waals surface area contributed by atoms with Crippen molar-refractivity contribution in [3.05, 3.63) is 10.4 Å². The van der Waals surface area contributed by atoms with E-state index >= 15 is 0 Å². The van der Waals surface area contributed by atoms with Crippen molar-refractivity contribution in [1.82, 2.24) is 0 Å². The number of piperidine rings is 1. The van der Waals surface area contributed by atoms with Crippen LogP contribution in [0, 0.1) is 0 Å². The highest BCUT2D eigenvalue weighted by molar-refractivity contribution is 7.19. The summed E-state index contributed by atoms with van der Waals surface area (Å²) < 4.78 is 0. The van der Waals surface area contributed by atoms with E-state index in [1.807, 2.05) is 4.90 Å². The molecule has 0 unspecified atom stereocenters. The molecule has 6 nitrogen and oxygen atoms in total. The smallest absolute Gasteiger partial charge is 0.253 e. The van der Waals surface area contributed by atoms with E-state index in [4.69, 9.17) is 11.5 Å². The molecule has 7 heteroatoms. The van der Waals surface area contributed by atoms with Gasteiger partial charge in [0.2, 0.25) is 0 Å². The van der Waals surface area contributed by atoms with Crippen LogP contribution in [0.1, 0.15) is 46.7 Å². The van der Waals surface area contributed by atoms with E-state index in [-0.39, 0.29) is 17.0 Å². The van der Waals surface area contributed by atoms with Crippen molar-refractivity contribution < 1.29 is 14.7 Å². The minimum atomic E-state index is -0.685. The molecular formula is C13H19N3O3S. The van der Waals surface area contributed by atoms with Crippen LogP contribution in [0.3, 0.4) is 0 Å². The van der Waals surface area contributed by atoms with Gasteiger partial charge in [0.25, 0.3) is 5.91 Å². The van der Waals surface area contributed by atoms with E-state index in [1.54, 1.807) is 6.92 Å². The van der Waals surface area contributed by atoms with Crippen LogP contribution in [0.25, 0.3) is 0 Å². The molecule has 0 atom stereocenters. The van der Waals surface area contributed by atoms with E-state index in [9.17, 15) is 14.7 Å². The maximum Gasteiger partial charge on any atom is 0.253 e. The van der Waals surface area contributed by atoms with Crippen molar-refractivity contribution in [1.29, 1.82) is 0 Å². The molecule has 2 heterocycles. The average Bonchev–Trinajstić information content (AvgIpc) is 2.67. The molecule has 2 rings (SSSR count). The van der Waals surface area contributed by atoms with E-state index in [0.717, 1.165) is 0 Å². The lowest BCUT2D eigenvalue weighted by Crippen LogP contribution is -2.42. The number of aliphatic hydroxyl groups is 1. The predicted molar refractivity (Wildman–Crippen MR) is 79.3 cm³/mol. The largest absolute Gasteiger partial charge is 0.397 e. The number of hydrogen-bond acceptors (Lipinski definition) is 6. The zero-order valence-corrected chi connectivity index (χ0v) is 12.4. The first-order valence-electron chi connectivity index (χ1n) is 6.43. The lowest BCUT2D eigenvalue weighted by Gasteiger charge is -2.36. The molecule has 1 amide bonds. The molecule has 1 aliphatic heterocycles. The maximum absolute atomic E-state index is 11.6. The molecule has 20 heavy (non-hydrogen) atoms. The standard InChI is InChI=1S/C13H19N3O3S/c1-7(17)10-9(14)8(11(15)18)12(20-10)16-5-3-13(2,19)4-6-16/h19H,3-6,14H2,1-2H3,(H2,15,18). The molecule has 110 valence electrons. The fraction of sp³-hybridized carbons (Fsp3) is 0.538. The normalized spacial score (nSPS) is 18.1. The molecule has 0 spiro atoms. The number of Topliss-reactive ketones (excluding diaryl/α,β-unsaturated/α-hetero) is 1. The molecule has 0 aromatic carbocycles. The van der Waals surface area contributed by atoms with Crippen LogP contribution in [0.15, 0.2) is 0 Å². The van der Waals surface area contributed by atoms with E-state index in [1.165, 1.54) is 18.3 Å². The molecule has 1 aliphatic rings. The molecule has 1 fully saturated rings. The molecule has 5 N–H and O–H groups in total. The molecular weight excluding hydrogens is 278 g/mol. The number of primary amides is 1. The van der Waals surface area contributed by atoms with Crippen LogP contribution in [0.4, 0.5) is 10.7 Å². The van der Waals surface area contributed by atoms with Gasteiger partial charge in [-0.1, -0.05) is 0 Å². The minimum Gasteiger partial charge on any atom is -0.397 e. The molecule has 1 saturated heterocycles. The quantitative estimate of drug-likeness (QED) is 0.720. The first-order valence-corrected chi connectivity index (χ1v) is 7.25. The first kappa shape index (κ1) is 14.8. The number of nitrogens with two attached hydrogens (primary N) is 2. The summed E-state index contributed by atoms with van der Waals surface area (Å²) in [6.07, 6.45) is 1.19. The highest BCUT2D eigenvalue weighted by atomic mass is 32.1. The van der Waals surface area contributed by atoms with Gasteiger partial charge in [-0.3, -0.25) is 9.59 Å². The van der Waals surface area contributed by atoms with Gasteiger partial charge in [0, 0.05) is 20.0 Å². The third-order valence-electron chi connectivity index (χ3n) is 3.62. The molecule has 1 aromatic heterocycles. The number of nitrogens with zero attached hydrogens (tertiary/aromatic N) is 1. The fourth-order valence-electron chi connectivity index (χ4n) is 2.35. The van der Waals surface area contributed by atoms with Gasteiger partial charge in [-0.25, -0.2) is 0 Å². The third kappa shape index (κ3) is 2.64. The van der Waals surface area contributed by atoms with Gasteiger partial charge in [0.15, 0.2) is 5.78 Å². The van der Waals surface area contributed by atoms with Gasteiger partial charge in [-0.2, -0.15) is 0 Å². The summed E-state index contributed by atoms with van der Waals surface area (Å²) in [7, 11) is 0. The Morgan fingerprint density at radius 2 is 1.90 bits per heavy atom. The zero-order valence-electron chi connectivity index (χ0n) is 11.6. The zero-order chi connectivity index (χ0) is 15.1. The molecule has 0 bridgehead atoms. The monoisotopic (exact) mass is 297 g/mol. The Bertz CT molecular complexity index is 555. The van der Waals surface area contributed by atoms with E-state index in [2.05, 4.69) is 0 Å². The Kier molecular flexibility index (Phi) is 3.75. The van der Waals surface area contributed by atoms with Gasteiger partial charge in [-0.05, 0) is 19.8 Å². The molecule has 0 saturated carbocycles. The number of amides is 1. The summed E-state index contributed by atoms with van der Waals surface area (Å²) in [4.78, 5) is 25.5. The van der Waals surface area contributed by atoms with Crippen molar-refractivity contribution in [2.24, 2.45) is 5.73 Å². The van der Waals surface area contributed by atoms with Crippen molar-refractivity contribution in [2.45, 2.75) is 32.3 Å². The van der Waals surface area contributed by atoms with Crippen molar-refractivity contribution in [3.8, 4) is 0 Å². The lowest BCUT2D eigenvalue weighted by molar-refractivity contribution is 0.0352. The second kappa shape index (κ2) is 5.06. The summed E-state index contributed by atoms with van der Waals surface area (Å²) in [5.41, 5.74) is 11.0. The SMILES string of the molecule is CC(=O)c1sc(N2CCC(C)(O)CC2)c(C(N)=O)c1N. The van der Waals surface area contributed by atoms with Gasteiger partial charge >= 0.3 is 0 Å². The Labute approximate surface area is 121 Å². The molecule has 0 radical (unpaired) electrons. The van der Waals surface area contributed by atoms with E-state index < -0.39 is 11.5 Å². The van der Waals surface area contributed by atoms with Crippen molar-refractivity contribution in [2.75, 3.05) is 23.7 Å². The van der Waals surface area contributed by atoms with Gasteiger partial charge in [0.1, 0.15) is 5.00 Å². The van der Waals surface area contributed by atoms with Crippen LogP contribution in [0.2, 0.25) is 0 Å². The summed E-state index contributed by atoms with van der Waals surface area (Å²) in [6.45, 7) is 4.41. The lowest BCUT2D eigenvalue weighted by atomic mass is 9.94. The van der Waals surface area contributed by atoms with Crippen molar-refractivity contribution in [3.63, 3.8) is 0 Å². The van der Waals surface area contributed by atoms with Crippen LogP contribution >= 0.6 is 11.3 Å². The Hall–Kier alpha value is -1.60. The van der Waals surface area contributed by atoms with Crippen LogP contribution < -0.4 is 16.4 Å². The highest BCUT2D eigenvalue weighted by Gasteiger charge is 2.32. The number of ketones is 1. The summed E-state index contributed by atoms with van der Waals surface area (Å²) in [5, 5.41) is 10.6. The summed E-state index contributed by atoms with van der Waals surface area (Å²) in [6, 6.07) is 0. The van der Waals surface area contributed by atoms with Crippen molar-refractivity contribution >= 4 is 33.7 Å². The number of rotatable bonds is 3. The maximum atomic E-state index is 11.6. The summed E-state index contributed by atoms with van der Waals surface area (Å²) >= 11 is 1.20. The Morgan fingerprint density at radius 3 is 2.35 bits per heavy atom. The number of anilines is 2. The van der Waals surface area contributed by atoms with Gasteiger partial charge in [0.05, 0.1) is 21.7 Å². The number of thiophene rings is 1. The van der Waals surface area contributed by atoms with E-state index in [0.29, 0.717) is 35.8 Å². The highest BCUT2D eigenvalue weighted by Crippen LogP contribution is 2.40.